The number of carbonyl (C=O) groups excluding carboxylic acids is 1. The standard InChI is InChI=1S/C23H25N3O2/c1-17-7-9-18(10-8-17)15-24-22(27)16-28-20-6-4-5-19-11-12-21(25-23(19)20)26-13-2-3-14-26/h4-12H,2-3,13-16H2,1H3,(H,24,27). The van der Waals surface area contributed by atoms with Crippen molar-refractivity contribution in [3.8, 4) is 5.75 Å². The van der Waals surface area contributed by atoms with Crippen LogP contribution in [-0.4, -0.2) is 30.6 Å². The van der Waals surface area contributed by atoms with Crippen molar-refractivity contribution in [1.29, 1.82) is 0 Å². The van der Waals surface area contributed by atoms with Gasteiger partial charge in [0, 0.05) is 25.0 Å². The van der Waals surface area contributed by atoms with E-state index < -0.39 is 0 Å². The molecule has 0 unspecified atom stereocenters. The average molecular weight is 375 g/mol. The molecule has 0 aliphatic carbocycles. The molecule has 1 aliphatic rings. The molecule has 4 rings (SSSR count). The molecule has 3 aromatic rings. The zero-order valence-corrected chi connectivity index (χ0v) is 16.1. The van der Waals surface area contributed by atoms with Gasteiger partial charge < -0.3 is 15.0 Å². The van der Waals surface area contributed by atoms with E-state index >= 15 is 0 Å². The molecular weight excluding hydrogens is 350 g/mol. The first-order chi connectivity index (χ1) is 13.7. The summed E-state index contributed by atoms with van der Waals surface area (Å²) in [5.74, 6) is 1.47. The summed E-state index contributed by atoms with van der Waals surface area (Å²) in [7, 11) is 0. The highest BCUT2D eigenvalue weighted by Crippen LogP contribution is 2.27. The summed E-state index contributed by atoms with van der Waals surface area (Å²) in [4.78, 5) is 19.3. The Kier molecular flexibility index (Phi) is 5.42. The van der Waals surface area contributed by atoms with Gasteiger partial charge in [-0.2, -0.15) is 0 Å². The molecular formula is C23H25N3O2. The Morgan fingerprint density at radius 2 is 1.86 bits per heavy atom. The first kappa shape index (κ1) is 18.3. The minimum Gasteiger partial charge on any atom is -0.481 e. The number of fused-ring (bicyclic) bond motifs is 1. The highest BCUT2D eigenvalue weighted by atomic mass is 16.5. The number of ether oxygens (including phenoxy) is 1. The maximum atomic E-state index is 12.2. The third kappa shape index (κ3) is 4.25. The molecule has 28 heavy (non-hydrogen) atoms. The number of rotatable bonds is 6. The van der Waals surface area contributed by atoms with Crippen LogP contribution in [0.1, 0.15) is 24.0 Å². The predicted octanol–water partition coefficient (Wildman–Crippen LogP) is 3.84. The van der Waals surface area contributed by atoms with Crippen molar-refractivity contribution in [2.45, 2.75) is 26.3 Å². The Labute approximate surface area is 165 Å². The van der Waals surface area contributed by atoms with Crippen LogP contribution in [0.4, 0.5) is 5.82 Å². The zero-order chi connectivity index (χ0) is 19.3. The second-order valence-electron chi connectivity index (χ2n) is 7.24. The minimum atomic E-state index is -0.145. The first-order valence-electron chi connectivity index (χ1n) is 9.79. The fraction of sp³-hybridized carbons (Fsp3) is 0.304. The molecule has 1 aromatic heterocycles. The Hall–Kier alpha value is -3.08. The molecule has 0 radical (unpaired) electrons. The third-order valence-corrected chi connectivity index (χ3v) is 5.07. The average Bonchev–Trinajstić information content (AvgIpc) is 3.26. The molecule has 1 fully saturated rings. The third-order valence-electron chi connectivity index (χ3n) is 5.07. The van der Waals surface area contributed by atoms with E-state index in [4.69, 9.17) is 9.72 Å². The first-order valence-corrected chi connectivity index (χ1v) is 9.79. The minimum absolute atomic E-state index is 0.0272. The summed E-state index contributed by atoms with van der Waals surface area (Å²) in [6.45, 7) is 4.60. The molecule has 2 aromatic carbocycles. The largest absolute Gasteiger partial charge is 0.481 e. The molecule has 1 saturated heterocycles. The van der Waals surface area contributed by atoms with E-state index in [1.165, 1.54) is 18.4 Å². The van der Waals surface area contributed by atoms with Gasteiger partial charge in [0.25, 0.3) is 5.91 Å². The number of hydrogen-bond donors (Lipinski definition) is 1. The lowest BCUT2D eigenvalue weighted by atomic mass is 10.1. The van der Waals surface area contributed by atoms with Crippen molar-refractivity contribution in [3.05, 3.63) is 65.7 Å². The van der Waals surface area contributed by atoms with Crippen LogP contribution in [0, 0.1) is 6.92 Å². The smallest absolute Gasteiger partial charge is 0.258 e. The molecule has 0 bridgehead atoms. The molecule has 1 aliphatic heterocycles. The van der Waals surface area contributed by atoms with Gasteiger partial charge in [0.15, 0.2) is 6.61 Å². The summed E-state index contributed by atoms with van der Waals surface area (Å²) in [5, 5.41) is 3.91. The summed E-state index contributed by atoms with van der Waals surface area (Å²) < 4.78 is 5.81. The molecule has 2 heterocycles. The molecule has 0 atom stereocenters. The Morgan fingerprint density at radius 3 is 2.64 bits per heavy atom. The Morgan fingerprint density at radius 1 is 1.07 bits per heavy atom. The monoisotopic (exact) mass is 375 g/mol. The number of aryl methyl sites for hydroxylation is 1. The van der Waals surface area contributed by atoms with Crippen LogP contribution in [0.25, 0.3) is 10.9 Å². The van der Waals surface area contributed by atoms with Crippen molar-refractivity contribution in [1.82, 2.24) is 10.3 Å². The van der Waals surface area contributed by atoms with Crippen molar-refractivity contribution in [2.24, 2.45) is 0 Å². The normalized spacial score (nSPS) is 13.7. The molecule has 1 amide bonds. The van der Waals surface area contributed by atoms with Gasteiger partial charge in [-0.05, 0) is 43.5 Å². The van der Waals surface area contributed by atoms with Crippen molar-refractivity contribution in [3.63, 3.8) is 0 Å². The second kappa shape index (κ2) is 8.30. The van der Waals surface area contributed by atoms with E-state index in [-0.39, 0.29) is 12.5 Å². The van der Waals surface area contributed by atoms with Gasteiger partial charge in [0.2, 0.25) is 0 Å². The number of pyridine rings is 1. The van der Waals surface area contributed by atoms with E-state index in [0.717, 1.165) is 35.4 Å². The van der Waals surface area contributed by atoms with E-state index in [1.807, 2.05) is 49.4 Å². The lowest BCUT2D eigenvalue weighted by Crippen LogP contribution is -2.28. The molecule has 144 valence electrons. The number of para-hydroxylation sites is 1. The van der Waals surface area contributed by atoms with Gasteiger partial charge in [0.1, 0.15) is 17.1 Å². The Bertz CT molecular complexity index is 963. The van der Waals surface area contributed by atoms with Crippen LogP contribution < -0.4 is 15.0 Å². The molecule has 0 saturated carbocycles. The summed E-state index contributed by atoms with van der Waals surface area (Å²) >= 11 is 0. The number of aromatic nitrogens is 1. The van der Waals surface area contributed by atoms with Gasteiger partial charge in [-0.1, -0.05) is 42.0 Å². The van der Waals surface area contributed by atoms with E-state index in [0.29, 0.717) is 12.3 Å². The summed E-state index contributed by atoms with van der Waals surface area (Å²) in [6, 6.07) is 18.1. The number of nitrogens with one attached hydrogen (secondary N) is 1. The van der Waals surface area contributed by atoms with E-state index in [2.05, 4.69) is 22.3 Å². The maximum Gasteiger partial charge on any atom is 0.258 e. The van der Waals surface area contributed by atoms with Gasteiger partial charge in [-0.15, -0.1) is 0 Å². The van der Waals surface area contributed by atoms with E-state index in [9.17, 15) is 4.79 Å². The van der Waals surface area contributed by atoms with Gasteiger partial charge >= 0.3 is 0 Å². The molecule has 1 N–H and O–H groups in total. The number of amides is 1. The van der Waals surface area contributed by atoms with E-state index in [1.54, 1.807) is 0 Å². The highest BCUT2D eigenvalue weighted by molar-refractivity contribution is 5.86. The quantitative estimate of drug-likeness (QED) is 0.711. The van der Waals surface area contributed by atoms with Crippen LogP contribution in [0.15, 0.2) is 54.6 Å². The highest BCUT2D eigenvalue weighted by Gasteiger charge is 2.15. The predicted molar refractivity (Wildman–Crippen MR) is 112 cm³/mol. The molecule has 0 spiro atoms. The second-order valence-corrected chi connectivity index (χ2v) is 7.24. The number of anilines is 1. The molecule has 5 nitrogen and oxygen atoms in total. The number of benzene rings is 2. The number of nitrogens with zero attached hydrogens (tertiary/aromatic N) is 2. The fourth-order valence-electron chi connectivity index (χ4n) is 3.45. The number of hydrogen-bond acceptors (Lipinski definition) is 4. The van der Waals surface area contributed by atoms with Gasteiger partial charge in [-0.3, -0.25) is 4.79 Å². The fourth-order valence-corrected chi connectivity index (χ4v) is 3.45. The number of carbonyl (C=O) groups is 1. The lowest BCUT2D eigenvalue weighted by Gasteiger charge is -2.17. The molecule has 5 heteroatoms. The zero-order valence-electron chi connectivity index (χ0n) is 16.1. The van der Waals surface area contributed by atoms with Gasteiger partial charge in [0.05, 0.1) is 0 Å². The van der Waals surface area contributed by atoms with Crippen LogP contribution in [0.2, 0.25) is 0 Å². The lowest BCUT2D eigenvalue weighted by molar-refractivity contribution is -0.123. The van der Waals surface area contributed by atoms with Gasteiger partial charge in [-0.25, -0.2) is 4.98 Å². The topological polar surface area (TPSA) is 54.5 Å². The van der Waals surface area contributed by atoms with Crippen LogP contribution in [0.3, 0.4) is 0 Å². The van der Waals surface area contributed by atoms with Crippen LogP contribution >= 0.6 is 0 Å². The SMILES string of the molecule is Cc1ccc(CNC(=O)COc2cccc3ccc(N4CCCC4)nc23)cc1. The van der Waals surface area contributed by atoms with Crippen LogP contribution in [-0.2, 0) is 11.3 Å². The summed E-state index contributed by atoms with van der Waals surface area (Å²) in [5.41, 5.74) is 3.08. The van der Waals surface area contributed by atoms with Crippen molar-refractivity contribution in [2.75, 3.05) is 24.6 Å². The van der Waals surface area contributed by atoms with Crippen LogP contribution in [0.5, 0.6) is 5.75 Å². The Balaban J connectivity index is 1.41. The maximum absolute atomic E-state index is 12.2. The van der Waals surface area contributed by atoms with Crippen molar-refractivity contribution < 1.29 is 9.53 Å². The van der Waals surface area contributed by atoms with Crippen molar-refractivity contribution >= 4 is 22.6 Å². The summed E-state index contributed by atoms with van der Waals surface area (Å²) in [6.07, 6.45) is 2.41.